The van der Waals surface area contributed by atoms with E-state index in [4.69, 9.17) is 9.47 Å². The molecule has 1 spiro atoms. The largest absolute Gasteiger partial charge is 0.491 e. The summed E-state index contributed by atoms with van der Waals surface area (Å²) >= 11 is 0. The highest BCUT2D eigenvalue weighted by Gasteiger charge is 2.67. The fourth-order valence-electron chi connectivity index (χ4n) is 7.05. The van der Waals surface area contributed by atoms with Crippen LogP contribution in [0.5, 0.6) is 5.75 Å². The van der Waals surface area contributed by atoms with Crippen molar-refractivity contribution in [2.75, 3.05) is 31.7 Å². The number of carbonyl (C=O) groups excluding carboxylic acids is 2. The van der Waals surface area contributed by atoms with Crippen LogP contribution in [0.4, 0.5) is 9.80 Å². The van der Waals surface area contributed by atoms with E-state index in [-0.39, 0.29) is 55.8 Å². The number of aliphatic hydroxyl groups excluding tert-OH is 1. The van der Waals surface area contributed by atoms with Gasteiger partial charge in [0, 0.05) is 48.5 Å². The molecule has 2 amide bonds. The normalized spacial score (nSPS) is 22.5. The molecule has 1 fully saturated rings. The first-order valence-corrected chi connectivity index (χ1v) is 18.1. The monoisotopic (exact) mass is 633 g/mol. The quantitative estimate of drug-likeness (QED) is 0.189. The summed E-state index contributed by atoms with van der Waals surface area (Å²) in [5.41, 5.74) is -0.158. The number of rotatable bonds is 11. The Kier molecular flexibility index (Phi) is 9.15. The van der Waals surface area contributed by atoms with Gasteiger partial charge in [-0.2, -0.15) is 0 Å². The highest BCUT2D eigenvalue weighted by molar-refractivity contribution is 6.72. The summed E-state index contributed by atoms with van der Waals surface area (Å²) in [6.45, 7) is 9.17. The number of aromatic nitrogens is 1. The van der Waals surface area contributed by atoms with E-state index in [1.807, 2.05) is 37.3 Å². The van der Waals surface area contributed by atoms with Gasteiger partial charge in [0.25, 0.3) is 11.5 Å². The topological polar surface area (TPSA) is 101 Å². The second-order valence-corrected chi connectivity index (χ2v) is 16.0. The van der Waals surface area contributed by atoms with Gasteiger partial charge >= 0.3 is 0 Å². The molecule has 0 unspecified atom stereocenters. The van der Waals surface area contributed by atoms with Gasteiger partial charge in [-0.15, -0.1) is 6.58 Å². The number of anilines is 1. The SMILES string of the molecule is C=CCN1C(=O)[C@]2(O[C@H](CC(=O)N(CCO)Cc3ccccc3)[C@@H]([Si](C)(C)F)[C@@H]2C)c2cc(-n3cccc(OC)c3=O)ccc21. The van der Waals surface area contributed by atoms with Crippen LogP contribution < -0.4 is 15.2 Å². The average molecular weight is 634 g/mol. The van der Waals surface area contributed by atoms with Crippen molar-refractivity contribution in [3.8, 4) is 11.4 Å². The third-order valence-electron chi connectivity index (χ3n) is 8.98. The number of methoxy groups -OCH3 is 1. The third kappa shape index (κ3) is 5.76. The summed E-state index contributed by atoms with van der Waals surface area (Å²) in [5.74, 6) is -1.11. The van der Waals surface area contributed by atoms with Crippen molar-refractivity contribution < 1.29 is 28.3 Å². The molecule has 2 aromatic carbocycles. The summed E-state index contributed by atoms with van der Waals surface area (Å²) < 4.78 is 29.7. The summed E-state index contributed by atoms with van der Waals surface area (Å²) in [7, 11) is -2.12. The van der Waals surface area contributed by atoms with Gasteiger partial charge in [-0.3, -0.25) is 19.0 Å². The third-order valence-corrected chi connectivity index (χ3v) is 11.4. The van der Waals surface area contributed by atoms with E-state index in [1.165, 1.54) is 11.7 Å². The first-order chi connectivity index (χ1) is 21.5. The zero-order chi connectivity index (χ0) is 32.5. The number of aliphatic hydroxyl groups is 1. The minimum Gasteiger partial charge on any atom is -0.491 e. The maximum Gasteiger partial charge on any atom is 0.297 e. The average Bonchev–Trinajstić information content (AvgIpc) is 3.43. The number of amides is 2. The second-order valence-electron chi connectivity index (χ2n) is 12.2. The van der Waals surface area contributed by atoms with Crippen molar-refractivity contribution in [1.82, 2.24) is 9.47 Å². The van der Waals surface area contributed by atoms with Crippen LogP contribution in [-0.2, 0) is 26.5 Å². The second kappa shape index (κ2) is 12.7. The van der Waals surface area contributed by atoms with Gasteiger partial charge in [-0.05, 0) is 49.0 Å². The molecule has 9 nitrogen and oxygen atoms in total. The summed E-state index contributed by atoms with van der Waals surface area (Å²) in [6.07, 6.45) is 2.19. The zero-order valence-electron chi connectivity index (χ0n) is 26.1. The van der Waals surface area contributed by atoms with Crippen molar-refractivity contribution in [1.29, 1.82) is 0 Å². The standard InChI is InChI=1S/C34H40FN3O6Si/c1-6-16-38-27-15-14-25(37-17-10-13-28(43-3)32(37)41)20-26(27)34(33(38)42)23(2)31(45(4,5)35)29(44-34)21-30(40)36(18-19-39)22-24-11-8-7-9-12-24/h6-15,17,20,23,29,31,39H,1,16,18-19,21-22H2,2-5H3/t23-,29+,31-,34+/m0/s1. The van der Waals surface area contributed by atoms with Crippen LogP contribution in [0.1, 0.15) is 24.5 Å². The molecule has 0 radical (unpaired) electrons. The Morgan fingerprint density at radius 3 is 2.56 bits per heavy atom. The number of fused-ring (bicyclic) bond motifs is 2. The van der Waals surface area contributed by atoms with Crippen molar-refractivity contribution >= 4 is 25.9 Å². The molecule has 3 aromatic rings. The lowest BCUT2D eigenvalue weighted by molar-refractivity contribution is -0.149. The van der Waals surface area contributed by atoms with Gasteiger partial charge in [0.15, 0.2) is 11.4 Å². The lowest BCUT2D eigenvalue weighted by Crippen LogP contribution is -2.45. The molecule has 1 saturated heterocycles. The molecule has 1 aromatic heterocycles. The zero-order valence-corrected chi connectivity index (χ0v) is 27.1. The number of hydrogen-bond acceptors (Lipinski definition) is 6. The van der Waals surface area contributed by atoms with Gasteiger partial charge in [0.2, 0.25) is 14.3 Å². The Hall–Kier alpha value is -4.06. The summed E-state index contributed by atoms with van der Waals surface area (Å²) in [5, 5.41) is 9.74. The van der Waals surface area contributed by atoms with Crippen molar-refractivity contribution in [2.45, 2.75) is 50.2 Å². The minimum absolute atomic E-state index is 0.107. The van der Waals surface area contributed by atoms with Crippen LogP contribution in [0, 0.1) is 5.92 Å². The number of ether oxygens (including phenoxy) is 2. The maximum absolute atomic E-state index is 16.3. The summed E-state index contributed by atoms with van der Waals surface area (Å²) in [4.78, 5) is 44.4. The Morgan fingerprint density at radius 2 is 1.91 bits per heavy atom. The van der Waals surface area contributed by atoms with E-state index in [0.29, 0.717) is 16.9 Å². The number of nitrogens with zero attached hydrogens (tertiary/aromatic N) is 3. The molecular formula is C34H40FN3O6Si. The molecule has 4 atom stereocenters. The number of halogens is 1. The van der Waals surface area contributed by atoms with Crippen LogP contribution in [0.15, 0.2) is 84.3 Å². The lowest BCUT2D eigenvalue weighted by atomic mass is 9.82. The van der Waals surface area contributed by atoms with E-state index in [9.17, 15) is 19.5 Å². The molecule has 45 heavy (non-hydrogen) atoms. The minimum atomic E-state index is -3.54. The van der Waals surface area contributed by atoms with Crippen LogP contribution in [-0.4, -0.2) is 67.7 Å². The fraction of sp³-hybridized carbons (Fsp3) is 0.382. The molecule has 2 aliphatic heterocycles. The molecule has 0 saturated carbocycles. The van der Waals surface area contributed by atoms with Gasteiger partial charge in [-0.25, -0.2) is 0 Å². The molecule has 5 rings (SSSR count). The lowest BCUT2D eigenvalue weighted by Gasteiger charge is -2.31. The molecule has 2 aliphatic rings. The van der Waals surface area contributed by atoms with Gasteiger partial charge in [-0.1, -0.05) is 43.3 Å². The fourth-order valence-corrected chi connectivity index (χ4v) is 9.54. The summed E-state index contributed by atoms with van der Waals surface area (Å²) in [6, 6.07) is 17.9. The molecule has 3 heterocycles. The van der Waals surface area contributed by atoms with Crippen molar-refractivity contribution in [3.63, 3.8) is 0 Å². The van der Waals surface area contributed by atoms with Crippen LogP contribution in [0.2, 0.25) is 18.6 Å². The number of pyridine rings is 1. The van der Waals surface area contributed by atoms with Crippen LogP contribution >= 0.6 is 0 Å². The molecule has 0 aliphatic carbocycles. The molecule has 238 valence electrons. The van der Waals surface area contributed by atoms with Gasteiger partial charge in [0.05, 0.1) is 31.9 Å². The van der Waals surface area contributed by atoms with E-state index >= 15 is 4.11 Å². The number of benzene rings is 2. The van der Waals surface area contributed by atoms with E-state index in [2.05, 4.69) is 6.58 Å². The first-order valence-electron chi connectivity index (χ1n) is 15.1. The van der Waals surface area contributed by atoms with E-state index < -0.39 is 31.6 Å². The highest BCUT2D eigenvalue weighted by atomic mass is 28.4. The first kappa shape index (κ1) is 32.3. The maximum atomic E-state index is 16.3. The Labute approximate surface area is 263 Å². The highest BCUT2D eigenvalue weighted by Crippen LogP contribution is 2.60. The predicted molar refractivity (Wildman–Crippen MR) is 173 cm³/mol. The van der Waals surface area contributed by atoms with Gasteiger partial charge in [0.1, 0.15) is 0 Å². The Balaban J connectivity index is 1.58. The van der Waals surface area contributed by atoms with E-state index in [1.54, 1.807) is 65.5 Å². The van der Waals surface area contributed by atoms with Crippen LogP contribution in [0.3, 0.4) is 0 Å². The molecule has 1 N–H and O–H groups in total. The molecule has 0 bridgehead atoms. The number of hydrogen-bond donors (Lipinski definition) is 1. The predicted octanol–water partition coefficient (Wildman–Crippen LogP) is 4.56. The van der Waals surface area contributed by atoms with Crippen molar-refractivity contribution in [3.05, 3.63) is 101 Å². The molecule has 11 heteroatoms. The Bertz CT molecular complexity index is 1640. The van der Waals surface area contributed by atoms with Crippen LogP contribution in [0.25, 0.3) is 5.69 Å². The smallest absolute Gasteiger partial charge is 0.297 e. The molecular weight excluding hydrogens is 593 g/mol. The number of carbonyl (C=O) groups is 2. The van der Waals surface area contributed by atoms with Crippen molar-refractivity contribution in [2.24, 2.45) is 5.92 Å². The Morgan fingerprint density at radius 1 is 1.18 bits per heavy atom. The van der Waals surface area contributed by atoms with Gasteiger partial charge < -0.3 is 28.5 Å². The van der Waals surface area contributed by atoms with E-state index in [0.717, 1.165) is 5.56 Å².